The third-order valence-corrected chi connectivity index (χ3v) is 25.0. The summed E-state index contributed by atoms with van der Waals surface area (Å²) in [6.07, 6.45) is 46.7. The van der Waals surface area contributed by atoms with Gasteiger partial charge in [-0.05, 0) is 275 Å². The van der Waals surface area contributed by atoms with E-state index in [0.29, 0.717) is 148 Å². The molecule has 0 radical (unpaired) electrons. The van der Waals surface area contributed by atoms with Crippen LogP contribution in [0.2, 0.25) is 0 Å². The molecule has 4 amide bonds. The van der Waals surface area contributed by atoms with Crippen LogP contribution in [0.1, 0.15) is 329 Å². The maximum absolute atomic E-state index is 11.7. The fourth-order valence-electron chi connectivity index (χ4n) is 17.9. The third-order valence-electron chi connectivity index (χ3n) is 25.0. The molecule has 5 heterocycles. The first-order valence-corrected chi connectivity index (χ1v) is 43.0. The molecule has 9 aliphatic rings. The van der Waals surface area contributed by atoms with Crippen LogP contribution in [0, 0.1) is 41.4 Å². The summed E-state index contributed by atoms with van der Waals surface area (Å²) < 4.78 is 0. The first-order valence-electron chi connectivity index (χ1n) is 43.0. The number of hydrogen-bond donors (Lipinski definition) is 14. The number of hydrogen-bond acceptors (Lipinski definition) is 24. The molecule has 0 spiro atoms. The van der Waals surface area contributed by atoms with Crippen LogP contribution in [0.25, 0.3) is 5.70 Å². The summed E-state index contributed by atoms with van der Waals surface area (Å²) in [5.41, 5.74) is 33.4. The number of anilines is 5. The molecule has 114 heavy (non-hydrogen) atoms. The average molecular weight is 1580 g/mol. The van der Waals surface area contributed by atoms with Crippen molar-refractivity contribution in [2.45, 2.75) is 339 Å². The summed E-state index contributed by atoms with van der Waals surface area (Å²) in [7, 11) is 0. The van der Waals surface area contributed by atoms with E-state index in [2.05, 4.69) is 91.9 Å². The molecule has 5 aromatic heterocycles. The van der Waals surface area contributed by atoms with Gasteiger partial charge in [0.25, 0.3) is 23.6 Å². The molecule has 0 aromatic carbocycles. The predicted octanol–water partition coefficient (Wildman–Crippen LogP) is 11.9. The largest absolute Gasteiger partial charge is 0.399 e. The van der Waals surface area contributed by atoms with Crippen molar-refractivity contribution < 1.29 is 39.6 Å². The van der Waals surface area contributed by atoms with Crippen LogP contribution in [-0.2, 0) is 32.1 Å². The Hall–Kier alpha value is -8.34. The number of primary amides is 4. The molecule has 1 unspecified atom stereocenters. The smallest absolute Gasteiger partial charge is 0.252 e. The minimum absolute atomic E-state index is 0.179. The first kappa shape index (κ1) is 88.0. The van der Waals surface area contributed by atoms with E-state index in [4.69, 9.17) is 33.7 Å². The number of aliphatic hydroxyl groups is 4. The van der Waals surface area contributed by atoms with E-state index >= 15 is 0 Å². The van der Waals surface area contributed by atoms with Crippen LogP contribution in [-0.4, -0.2) is 148 Å². The number of carbonyl (C=O) groups is 4. The highest BCUT2D eigenvalue weighted by molar-refractivity contribution is 5.95. The van der Waals surface area contributed by atoms with Gasteiger partial charge < -0.3 is 75.7 Å². The normalized spacial score (nSPS) is 26.9. The molecule has 5 aromatic rings. The lowest BCUT2D eigenvalue weighted by Crippen LogP contribution is -2.33. The summed E-state index contributed by atoms with van der Waals surface area (Å²) in [4.78, 5) is 90.8. The number of nitrogens with zero attached hydrogens (tertiary/aromatic N) is 10. The fraction of sp³-hybridized carbons (Fsp3) is 0.698. The Morgan fingerprint density at radius 1 is 0.412 bits per heavy atom. The number of aromatic nitrogens is 10. The van der Waals surface area contributed by atoms with Crippen molar-refractivity contribution in [3.8, 4) is 0 Å². The maximum Gasteiger partial charge on any atom is 0.252 e. The second kappa shape index (κ2) is 42.0. The van der Waals surface area contributed by atoms with Crippen molar-refractivity contribution in [1.29, 1.82) is 0 Å². The lowest BCUT2D eigenvalue weighted by atomic mass is 9.73. The number of nitrogens with one attached hydrogen (secondary N) is 5. The van der Waals surface area contributed by atoms with Crippen LogP contribution in [0.3, 0.4) is 0 Å². The van der Waals surface area contributed by atoms with Crippen molar-refractivity contribution in [3.05, 3.63) is 93.9 Å². The van der Waals surface area contributed by atoms with Gasteiger partial charge in [0.1, 0.15) is 0 Å². The van der Waals surface area contributed by atoms with Gasteiger partial charge in [-0.15, -0.1) is 0 Å². The minimum atomic E-state index is -0.623. The van der Waals surface area contributed by atoms with Crippen LogP contribution in [0.4, 0.5) is 29.7 Å². The van der Waals surface area contributed by atoms with Gasteiger partial charge in [-0.2, -0.15) is 0 Å². The Balaban J connectivity index is 0.000000151. The highest BCUT2D eigenvalue weighted by atomic mass is 16.3. The van der Waals surface area contributed by atoms with Gasteiger partial charge in [-0.1, -0.05) is 59.0 Å². The number of nitrogens with two attached hydrogens (primary N) is 5. The van der Waals surface area contributed by atoms with Gasteiger partial charge in [0.15, 0.2) is 0 Å². The summed E-state index contributed by atoms with van der Waals surface area (Å²) in [5, 5.41) is 57.0. The average Bonchev–Trinajstić information content (AvgIpc) is 1.08. The molecular weight excluding hydrogens is 1440 g/mol. The lowest BCUT2D eigenvalue weighted by molar-refractivity contribution is 0.000508. The van der Waals surface area contributed by atoms with Crippen LogP contribution < -0.4 is 55.3 Å². The molecule has 28 heteroatoms. The standard InChI is InChI=1S/C19H30N4O.C18H28N4O.C17H26N4O2.C16H24N4O2.C16H26N4O2/c1-3-13-4-6-15(7-5-13)22-19-21-11-16(18(20)24)17(23-19)10-14-8-12(2)9-14;1-12(19)16-11-20-18(21-14-6-4-7-14)22-17(16)10-13-5-2-3-8-15(23)9-13;1-17(23)7-3-4-11(9-17)8-14-13(15(18)22)10-19-16(21-14)20-12-5-2-6-12;17-15(22)13-9-18-16(19-11-4-2-5-11)20-14(13)8-10-3-1-6-12(21)7-10;1-10(2)19-15-18-9-12(14(17)21)13(20-15)7-11-5-4-6-16(3,22)8-11/h11-15H,3-10H2,1-2H3,(H2,20,24)(H,21,22,23);11,13-15,23H,1-10,19H2,(H,20,21,22);10-12,23H,2-9H2,1H3,(H2,18,22)(H,19,20,21);9-12,21H,1-8H2,(H2,17,22)(H,18,19,20);9-11,22H,4-8H2,1-3H3,(H2,17,21)(H,18,19,20)/t;13?,15-;11-,17-;10-,12+;11-,16-/m.0010/s1. The maximum atomic E-state index is 11.7. The van der Waals surface area contributed by atoms with E-state index in [1.165, 1.54) is 102 Å². The molecule has 9 fully saturated rings. The second-order valence-corrected chi connectivity index (χ2v) is 35.7. The molecule has 8 atom stereocenters. The van der Waals surface area contributed by atoms with E-state index in [1.54, 1.807) is 12.4 Å². The molecule has 14 rings (SSSR count). The van der Waals surface area contributed by atoms with Gasteiger partial charge in [-0.25, -0.2) is 49.8 Å². The molecule has 28 nitrogen and oxygen atoms in total. The first-order chi connectivity index (χ1) is 54.5. The SMILES string of the molecule is C=C(N)c1cnc(NC2CCC2)nc1CC1CCCC[C@H](O)C1.CC(C)Nc1ncc(C(N)=O)c(C[C@@H]2CCC[C@](C)(O)C2)n1.CCC1CCC(Nc2ncc(C(N)=O)c(CC3CC(C)C3)n2)CC1.C[C@]1(O)CCC[C@@H](Cc2nc(NC3CCC3)ncc2C(N)=O)C1.NC(=O)c1cnc(NC2CCC2)nc1C[C@@H]1CCC[C@H](O)C1. The van der Waals surface area contributed by atoms with Crippen LogP contribution in [0.5, 0.6) is 0 Å². The van der Waals surface area contributed by atoms with Crippen molar-refractivity contribution in [2.24, 2.45) is 70.1 Å². The Morgan fingerprint density at radius 3 is 1.06 bits per heavy atom. The molecular formula is C86H134N20O8. The summed E-state index contributed by atoms with van der Waals surface area (Å²) in [6.45, 7) is 16.2. The predicted molar refractivity (Wildman–Crippen MR) is 446 cm³/mol. The summed E-state index contributed by atoms with van der Waals surface area (Å²) in [5.74, 6) is 4.86. The van der Waals surface area contributed by atoms with Crippen molar-refractivity contribution >= 4 is 59.1 Å². The molecule has 9 saturated carbocycles. The third kappa shape index (κ3) is 27.4. The Labute approximate surface area is 674 Å². The monoisotopic (exact) mass is 1580 g/mol. The highest BCUT2D eigenvalue weighted by Crippen LogP contribution is 2.39. The van der Waals surface area contributed by atoms with E-state index in [1.807, 2.05) is 27.7 Å². The summed E-state index contributed by atoms with van der Waals surface area (Å²) >= 11 is 0. The Bertz CT molecular complexity index is 3890. The highest BCUT2D eigenvalue weighted by Gasteiger charge is 2.35. The quantitative estimate of drug-likeness (QED) is 0.0229. The number of carbonyl (C=O) groups excluding carboxylic acids is 4. The molecule has 9 aliphatic carbocycles. The lowest BCUT2D eigenvalue weighted by Gasteiger charge is -2.34. The molecule has 0 saturated heterocycles. The fourth-order valence-corrected chi connectivity index (χ4v) is 17.9. The van der Waals surface area contributed by atoms with Crippen molar-refractivity contribution in [3.63, 3.8) is 0 Å². The zero-order valence-corrected chi connectivity index (χ0v) is 68.8. The Kier molecular flexibility index (Phi) is 32.4. The van der Waals surface area contributed by atoms with Gasteiger partial charge in [0, 0.05) is 72.5 Å². The zero-order chi connectivity index (χ0) is 81.6. The minimum Gasteiger partial charge on any atom is -0.399 e. The molecule has 19 N–H and O–H groups in total. The second-order valence-electron chi connectivity index (χ2n) is 35.7. The van der Waals surface area contributed by atoms with E-state index in [0.717, 1.165) is 170 Å². The van der Waals surface area contributed by atoms with Crippen molar-refractivity contribution in [1.82, 2.24) is 49.8 Å². The van der Waals surface area contributed by atoms with E-state index < -0.39 is 34.8 Å². The summed E-state index contributed by atoms with van der Waals surface area (Å²) in [6, 6.07) is 2.06. The van der Waals surface area contributed by atoms with Gasteiger partial charge in [0.05, 0.1) is 74.1 Å². The molecule has 0 bridgehead atoms. The number of rotatable bonds is 26. The van der Waals surface area contributed by atoms with Crippen LogP contribution >= 0.6 is 0 Å². The van der Waals surface area contributed by atoms with E-state index in [9.17, 15) is 39.6 Å². The Morgan fingerprint density at radius 2 is 0.719 bits per heavy atom. The number of aliphatic hydroxyl groups excluding tert-OH is 2. The van der Waals surface area contributed by atoms with Gasteiger partial charge in [0.2, 0.25) is 29.7 Å². The van der Waals surface area contributed by atoms with Gasteiger partial charge >= 0.3 is 0 Å². The number of amides is 4. The molecule has 626 valence electrons. The van der Waals surface area contributed by atoms with E-state index in [-0.39, 0.29) is 18.2 Å². The van der Waals surface area contributed by atoms with Gasteiger partial charge in [-0.3, -0.25) is 19.2 Å². The topological polar surface area (TPSA) is 468 Å². The van der Waals surface area contributed by atoms with Crippen molar-refractivity contribution in [2.75, 3.05) is 26.6 Å². The molecule has 0 aliphatic heterocycles. The van der Waals surface area contributed by atoms with Crippen LogP contribution in [0.15, 0.2) is 37.6 Å². The zero-order valence-electron chi connectivity index (χ0n) is 68.8.